The number of hydrogen-bond donors (Lipinski definition) is 0. The first kappa shape index (κ1) is 51.2. The monoisotopic (exact) mass is 991 g/mol. The van der Waals surface area contributed by atoms with E-state index in [1.807, 2.05) is 140 Å². The Balaban J connectivity index is 1.07. The van der Waals surface area contributed by atoms with Gasteiger partial charge in [0.15, 0.2) is 12.1 Å². The van der Waals surface area contributed by atoms with E-state index in [-0.39, 0.29) is 43.9 Å². The van der Waals surface area contributed by atoms with Crippen molar-refractivity contribution in [2.75, 3.05) is 13.2 Å². The first-order valence-electron chi connectivity index (χ1n) is 25.9. The van der Waals surface area contributed by atoms with Gasteiger partial charge in [0.2, 0.25) is 0 Å². The van der Waals surface area contributed by atoms with Crippen molar-refractivity contribution in [2.24, 2.45) is 21.9 Å². The first-order chi connectivity index (χ1) is 35.7. The topological polar surface area (TPSA) is 141 Å². The molecule has 2 saturated heterocycles. The van der Waals surface area contributed by atoms with Crippen LogP contribution in [0.3, 0.4) is 0 Å². The van der Waals surface area contributed by atoms with Crippen LogP contribution in [0.15, 0.2) is 169 Å². The molecule has 2 bridgehead atoms. The molecule has 3 unspecified atom stereocenters. The lowest BCUT2D eigenvalue weighted by Gasteiger charge is -2.50. The van der Waals surface area contributed by atoms with Gasteiger partial charge in [-0.15, -0.1) is 6.58 Å². The predicted octanol–water partition coefficient (Wildman–Crippen LogP) is 11.2. The van der Waals surface area contributed by atoms with Crippen molar-refractivity contribution < 1.29 is 47.4 Å². The van der Waals surface area contributed by atoms with Crippen LogP contribution in [0.4, 0.5) is 0 Å². The molecule has 2 heterocycles. The third kappa shape index (κ3) is 10.8. The van der Waals surface area contributed by atoms with Crippen LogP contribution >= 0.6 is 0 Å². The van der Waals surface area contributed by atoms with Gasteiger partial charge in [0.1, 0.15) is 61.0 Å². The average molecular weight is 992 g/mol. The average Bonchev–Trinajstić information content (AvgIpc) is 3.99. The van der Waals surface area contributed by atoms with Gasteiger partial charge in [-0.1, -0.05) is 184 Å². The Morgan fingerprint density at radius 3 is 1.49 bits per heavy atom. The minimum atomic E-state index is -1.22. The molecule has 5 aliphatic rings. The van der Waals surface area contributed by atoms with Crippen molar-refractivity contribution in [2.45, 2.75) is 146 Å². The summed E-state index contributed by atoms with van der Waals surface area (Å²) in [4.78, 5) is 3.41. The maximum Gasteiger partial charge on any atom is 0.175 e. The van der Waals surface area contributed by atoms with Gasteiger partial charge in [0.25, 0.3) is 0 Å². The smallest absolute Gasteiger partial charge is 0.175 e. The van der Waals surface area contributed by atoms with E-state index in [0.29, 0.717) is 25.6 Å². The highest BCUT2D eigenvalue weighted by atomic mass is 16.8. The highest BCUT2D eigenvalue weighted by Gasteiger charge is 2.76. The number of fused-ring (bicyclic) bond motifs is 4. The van der Waals surface area contributed by atoms with Crippen LogP contribution in [-0.2, 0) is 80.4 Å². The summed E-state index contributed by atoms with van der Waals surface area (Å²) in [5.74, 6) is -0.599. The Labute approximate surface area is 429 Å². The second kappa shape index (κ2) is 23.1. The fourth-order valence-corrected chi connectivity index (χ4v) is 12.1. The third-order valence-corrected chi connectivity index (χ3v) is 16.4. The van der Waals surface area contributed by atoms with Gasteiger partial charge in [-0.05, 0) is 57.5 Å². The summed E-state index contributed by atoms with van der Waals surface area (Å²) < 4.78 is 71.2. The third-order valence-electron chi connectivity index (χ3n) is 16.4. The molecule has 0 N–H and O–H groups in total. The van der Waals surface area contributed by atoms with Crippen LogP contribution in [-0.4, -0.2) is 86.3 Å². The van der Waals surface area contributed by atoms with Crippen molar-refractivity contribution in [1.82, 2.24) is 0 Å². The molecule has 3 aliphatic carbocycles. The zero-order valence-electron chi connectivity index (χ0n) is 42.1. The molecule has 384 valence electrons. The second-order valence-corrected chi connectivity index (χ2v) is 20.9. The van der Waals surface area contributed by atoms with E-state index in [1.54, 1.807) is 6.08 Å². The van der Waals surface area contributed by atoms with Gasteiger partial charge < -0.3 is 47.4 Å². The zero-order valence-corrected chi connectivity index (χ0v) is 42.1. The summed E-state index contributed by atoms with van der Waals surface area (Å²) in [6.45, 7) is 12.5. The molecule has 0 aromatic heterocycles. The molecule has 13 nitrogen and oxygen atoms in total. The van der Waals surface area contributed by atoms with Crippen LogP contribution in [0.25, 0.3) is 10.4 Å². The maximum absolute atomic E-state index is 10.4. The first-order valence-corrected chi connectivity index (χ1v) is 25.9. The Morgan fingerprint density at radius 2 is 1.04 bits per heavy atom. The standard InChI is InChI=1S/C60H69N3O10/c1-5-33-65-49-47(40-64-35-41-21-11-6-12-22-41)70-57(48(62-63-61)50(49)66-36-42-23-13-7-14-24-42)71-54-52(68-38-44-27-17-9-18-28-44)51(67-37-43-25-15-8-16-26-43)53(69-39-45-29-19-10-20-30-45)55-56(54)73-60(72-55)34-46-31-32-59(60,4)58(46,2)3/h5-30,46-57H,1,31-40H2,2-4H3/t46?,47-,48-,49-,50-,51+,52+,53-,54-,55-,56+,57-,59?,60?/m1/s1. The zero-order chi connectivity index (χ0) is 50.3. The van der Waals surface area contributed by atoms with E-state index >= 15 is 0 Å². The molecule has 2 aliphatic heterocycles. The van der Waals surface area contributed by atoms with E-state index in [4.69, 9.17) is 47.4 Å². The summed E-state index contributed by atoms with van der Waals surface area (Å²) >= 11 is 0. The van der Waals surface area contributed by atoms with Gasteiger partial charge in [0, 0.05) is 16.7 Å². The summed E-state index contributed by atoms with van der Waals surface area (Å²) in [5.41, 5.74) is 14.9. The number of hydrogen-bond acceptors (Lipinski definition) is 11. The molecule has 3 saturated carbocycles. The van der Waals surface area contributed by atoms with Crippen molar-refractivity contribution in [3.8, 4) is 0 Å². The molecule has 5 aromatic carbocycles. The Kier molecular flexibility index (Phi) is 16.2. The van der Waals surface area contributed by atoms with Gasteiger partial charge in [0.05, 0.1) is 46.2 Å². The number of nitrogens with zero attached hydrogens (tertiary/aromatic N) is 3. The predicted molar refractivity (Wildman–Crippen MR) is 274 cm³/mol. The lowest BCUT2D eigenvalue weighted by Crippen LogP contribution is -2.68. The number of ether oxygens (including phenoxy) is 10. The van der Waals surface area contributed by atoms with Gasteiger partial charge in [-0.25, -0.2) is 0 Å². The molecular weight excluding hydrogens is 923 g/mol. The van der Waals surface area contributed by atoms with Crippen LogP contribution in [0.2, 0.25) is 0 Å². The lowest BCUT2D eigenvalue weighted by atomic mass is 9.68. The fraction of sp³-hybridized carbons (Fsp3) is 0.467. The van der Waals surface area contributed by atoms with E-state index < -0.39 is 73.1 Å². The summed E-state index contributed by atoms with van der Waals surface area (Å²) in [6, 6.07) is 49.0. The van der Waals surface area contributed by atoms with Gasteiger partial charge >= 0.3 is 0 Å². The number of azide groups is 1. The molecule has 73 heavy (non-hydrogen) atoms. The number of benzene rings is 5. The molecule has 5 fully saturated rings. The molecule has 13 heteroatoms. The van der Waals surface area contributed by atoms with E-state index in [0.717, 1.165) is 40.7 Å². The van der Waals surface area contributed by atoms with Crippen LogP contribution in [0.5, 0.6) is 0 Å². The van der Waals surface area contributed by atoms with Gasteiger partial charge in [-0.2, -0.15) is 0 Å². The molecule has 0 amide bonds. The van der Waals surface area contributed by atoms with Crippen LogP contribution in [0, 0.1) is 16.7 Å². The van der Waals surface area contributed by atoms with Crippen molar-refractivity contribution in [1.29, 1.82) is 0 Å². The molecule has 14 atom stereocenters. The fourth-order valence-electron chi connectivity index (χ4n) is 12.1. The molecule has 10 rings (SSSR count). The molecule has 5 aromatic rings. The number of rotatable bonds is 22. The minimum absolute atomic E-state index is 0.0838. The SMILES string of the molecule is C=CCO[C@H]1[C@H](OCc2ccccc2)[C@@H](N=[N+]=[N-])[C@@H](O[C@@H]2[C@@H](OCc3ccccc3)[C@H](OCc3ccccc3)[C@@H](OCc3ccccc3)[C@H]3OC4(CC5CCC4(C)C5(C)C)O[C@@H]23)O[C@@H]1COCc1ccccc1. The Morgan fingerprint density at radius 1 is 0.589 bits per heavy atom. The van der Waals surface area contributed by atoms with E-state index in [2.05, 4.69) is 49.5 Å². The largest absolute Gasteiger partial charge is 0.374 e. The molecular formula is C60H69N3O10. The van der Waals surface area contributed by atoms with Gasteiger partial charge in [-0.3, -0.25) is 0 Å². The normalized spacial score (nSPS) is 33.0. The van der Waals surface area contributed by atoms with Crippen LogP contribution in [0.1, 0.15) is 67.9 Å². The lowest BCUT2D eigenvalue weighted by molar-refractivity contribution is -0.328. The summed E-state index contributed by atoms with van der Waals surface area (Å²) in [7, 11) is 0. The second-order valence-electron chi connectivity index (χ2n) is 20.9. The van der Waals surface area contributed by atoms with Crippen molar-refractivity contribution in [3.05, 3.63) is 203 Å². The quantitative estimate of drug-likeness (QED) is 0.0285. The molecule has 0 radical (unpaired) electrons. The summed E-state index contributed by atoms with van der Waals surface area (Å²) in [6.07, 6.45) is -3.85. The van der Waals surface area contributed by atoms with E-state index in [1.165, 1.54) is 0 Å². The highest BCUT2D eigenvalue weighted by Crippen LogP contribution is 2.73. The van der Waals surface area contributed by atoms with E-state index in [9.17, 15) is 5.53 Å². The molecule has 1 spiro atoms. The highest BCUT2D eigenvalue weighted by molar-refractivity contribution is 5.22. The van der Waals surface area contributed by atoms with Crippen molar-refractivity contribution >= 4 is 0 Å². The Bertz CT molecular complexity index is 2580. The van der Waals surface area contributed by atoms with Crippen molar-refractivity contribution in [3.63, 3.8) is 0 Å². The van der Waals surface area contributed by atoms with Crippen LogP contribution < -0.4 is 0 Å². The summed E-state index contributed by atoms with van der Waals surface area (Å²) in [5, 5.41) is 4.44. The maximum atomic E-state index is 10.4. The minimum Gasteiger partial charge on any atom is -0.374 e. The Hall–Kier alpha value is -5.25.